The maximum atomic E-state index is 14.0. The lowest BCUT2D eigenvalue weighted by Gasteiger charge is -2.01. The van der Waals surface area contributed by atoms with E-state index in [0.29, 0.717) is 16.6 Å². The standard InChI is InChI=1S/C15H11FN2O2/c1-18-8-10(14-11(16)3-2-4-13(14)18)12-7-9(15(19)20)5-6-17-12/h2-8H,1H3,(H,19,20). The van der Waals surface area contributed by atoms with Crippen molar-refractivity contribution in [2.24, 2.45) is 7.05 Å². The van der Waals surface area contributed by atoms with Gasteiger partial charge in [0.25, 0.3) is 0 Å². The fraction of sp³-hybridized carbons (Fsp3) is 0.0667. The summed E-state index contributed by atoms with van der Waals surface area (Å²) < 4.78 is 15.8. The van der Waals surface area contributed by atoms with E-state index in [4.69, 9.17) is 5.11 Å². The molecule has 2 aromatic heterocycles. The zero-order valence-corrected chi connectivity index (χ0v) is 10.7. The average molecular weight is 270 g/mol. The third kappa shape index (κ3) is 1.84. The molecule has 1 N–H and O–H groups in total. The Kier molecular flexibility index (Phi) is 2.75. The average Bonchev–Trinajstić information content (AvgIpc) is 2.78. The fourth-order valence-electron chi connectivity index (χ4n) is 2.31. The van der Waals surface area contributed by atoms with E-state index in [1.54, 1.807) is 16.8 Å². The van der Waals surface area contributed by atoms with Gasteiger partial charge in [0.1, 0.15) is 5.82 Å². The highest BCUT2D eigenvalue weighted by Gasteiger charge is 2.14. The van der Waals surface area contributed by atoms with Gasteiger partial charge in [-0.1, -0.05) is 6.07 Å². The summed E-state index contributed by atoms with van der Waals surface area (Å²) in [5.41, 5.74) is 1.90. The molecule has 100 valence electrons. The Hall–Kier alpha value is -2.69. The zero-order chi connectivity index (χ0) is 14.3. The molecule has 2 heterocycles. The molecule has 0 aliphatic rings. The van der Waals surface area contributed by atoms with Gasteiger partial charge in [0.15, 0.2) is 0 Å². The van der Waals surface area contributed by atoms with Gasteiger partial charge in [0.05, 0.1) is 16.8 Å². The molecule has 0 atom stereocenters. The van der Waals surface area contributed by atoms with E-state index in [0.717, 1.165) is 5.52 Å². The molecule has 0 unspecified atom stereocenters. The number of carboxylic acid groups (broad SMARTS) is 1. The van der Waals surface area contributed by atoms with Gasteiger partial charge in [-0.2, -0.15) is 0 Å². The van der Waals surface area contributed by atoms with Crippen LogP contribution in [0.4, 0.5) is 4.39 Å². The number of carboxylic acids is 1. The van der Waals surface area contributed by atoms with Crippen LogP contribution in [0.1, 0.15) is 10.4 Å². The monoisotopic (exact) mass is 270 g/mol. The molecular formula is C15H11FN2O2. The fourth-order valence-corrected chi connectivity index (χ4v) is 2.31. The number of hydrogen-bond donors (Lipinski definition) is 1. The van der Waals surface area contributed by atoms with E-state index in [9.17, 15) is 9.18 Å². The second kappa shape index (κ2) is 4.45. The topological polar surface area (TPSA) is 55.1 Å². The van der Waals surface area contributed by atoms with Crippen molar-refractivity contribution >= 4 is 16.9 Å². The van der Waals surface area contributed by atoms with Crippen molar-refractivity contribution in [3.8, 4) is 11.3 Å². The van der Waals surface area contributed by atoms with E-state index >= 15 is 0 Å². The zero-order valence-electron chi connectivity index (χ0n) is 10.7. The van der Waals surface area contributed by atoms with Gasteiger partial charge in [0.2, 0.25) is 0 Å². The van der Waals surface area contributed by atoms with Gasteiger partial charge in [-0.3, -0.25) is 4.98 Å². The van der Waals surface area contributed by atoms with Gasteiger partial charge in [-0.05, 0) is 24.3 Å². The summed E-state index contributed by atoms with van der Waals surface area (Å²) in [5.74, 6) is -1.38. The second-order valence-corrected chi connectivity index (χ2v) is 4.52. The van der Waals surface area contributed by atoms with Crippen LogP contribution in [0.2, 0.25) is 0 Å². The molecular weight excluding hydrogens is 259 g/mol. The number of benzene rings is 1. The lowest BCUT2D eigenvalue weighted by molar-refractivity contribution is 0.0697. The van der Waals surface area contributed by atoms with Crippen LogP contribution in [-0.4, -0.2) is 20.6 Å². The lowest BCUT2D eigenvalue weighted by atomic mass is 10.1. The molecule has 0 spiro atoms. The van der Waals surface area contributed by atoms with E-state index in [-0.39, 0.29) is 11.4 Å². The summed E-state index contributed by atoms with van der Waals surface area (Å²) in [4.78, 5) is 15.2. The molecule has 0 aliphatic carbocycles. The van der Waals surface area contributed by atoms with Crippen LogP contribution in [-0.2, 0) is 7.05 Å². The Morgan fingerprint density at radius 3 is 2.90 bits per heavy atom. The SMILES string of the molecule is Cn1cc(-c2cc(C(=O)O)ccn2)c2c(F)cccc21. The molecule has 0 fully saturated rings. The molecule has 3 aromatic rings. The molecule has 20 heavy (non-hydrogen) atoms. The largest absolute Gasteiger partial charge is 0.478 e. The van der Waals surface area contributed by atoms with Crippen LogP contribution in [0.25, 0.3) is 22.2 Å². The minimum Gasteiger partial charge on any atom is -0.478 e. The third-order valence-electron chi connectivity index (χ3n) is 3.25. The number of hydrogen-bond acceptors (Lipinski definition) is 2. The smallest absolute Gasteiger partial charge is 0.335 e. The number of fused-ring (bicyclic) bond motifs is 1. The molecule has 4 nitrogen and oxygen atoms in total. The summed E-state index contributed by atoms with van der Waals surface area (Å²) >= 11 is 0. The van der Waals surface area contributed by atoms with Crippen molar-refractivity contribution in [3.63, 3.8) is 0 Å². The van der Waals surface area contributed by atoms with Crippen LogP contribution in [0.15, 0.2) is 42.7 Å². The van der Waals surface area contributed by atoms with E-state index < -0.39 is 5.97 Å². The molecule has 0 amide bonds. The quantitative estimate of drug-likeness (QED) is 0.778. The summed E-state index contributed by atoms with van der Waals surface area (Å²) in [6.45, 7) is 0. The summed E-state index contributed by atoms with van der Waals surface area (Å²) in [6.07, 6.45) is 3.17. The Bertz CT molecular complexity index is 824. The molecule has 1 aromatic carbocycles. The summed E-state index contributed by atoms with van der Waals surface area (Å²) in [7, 11) is 1.81. The van der Waals surface area contributed by atoms with Gasteiger partial charge < -0.3 is 9.67 Å². The van der Waals surface area contributed by atoms with Crippen LogP contribution in [0.3, 0.4) is 0 Å². The first kappa shape index (κ1) is 12.3. The number of pyridine rings is 1. The summed E-state index contributed by atoms with van der Waals surface area (Å²) in [5, 5.41) is 9.47. The highest BCUT2D eigenvalue weighted by molar-refractivity contribution is 5.97. The van der Waals surface area contributed by atoms with Crippen molar-refractivity contribution in [2.75, 3.05) is 0 Å². The Labute approximate surface area is 114 Å². The predicted molar refractivity (Wildman–Crippen MR) is 73.1 cm³/mol. The lowest BCUT2D eigenvalue weighted by Crippen LogP contribution is -1.97. The normalized spacial score (nSPS) is 10.9. The van der Waals surface area contributed by atoms with Crippen molar-refractivity contribution < 1.29 is 14.3 Å². The Balaban J connectivity index is 2.30. The van der Waals surface area contributed by atoms with Crippen molar-refractivity contribution in [3.05, 3.63) is 54.1 Å². The van der Waals surface area contributed by atoms with Crippen molar-refractivity contribution in [2.45, 2.75) is 0 Å². The van der Waals surface area contributed by atoms with E-state index in [1.807, 2.05) is 13.1 Å². The second-order valence-electron chi connectivity index (χ2n) is 4.52. The van der Waals surface area contributed by atoms with E-state index in [2.05, 4.69) is 4.98 Å². The number of carbonyl (C=O) groups is 1. The first-order chi connectivity index (χ1) is 9.58. The van der Waals surface area contributed by atoms with Crippen molar-refractivity contribution in [1.82, 2.24) is 9.55 Å². The molecule has 0 bridgehead atoms. The maximum Gasteiger partial charge on any atom is 0.335 e. The number of aromatic carboxylic acids is 1. The number of halogens is 1. The Morgan fingerprint density at radius 1 is 1.35 bits per heavy atom. The van der Waals surface area contributed by atoms with Gasteiger partial charge >= 0.3 is 5.97 Å². The van der Waals surface area contributed by atoms with Crippen LogP contribution in [0, 0.1) is 5.82 Å². The first-order valence-electron chi connectivity index (χ1n) is 6.01. The molecule has 0 aliphatic heterocycles. The molecule has 5 heteroatoms. The van der Waals surface area contributed by atoms with Crippen LogP contribution >= 0.6 is 0 Å². The highest BCUT2D eigenvalue weighted by Crippen LogP contribution is 2.31. The molecule has 3 rings (SSSR count). The minimum absolute atomic E-state index is 0.128. The van der Waals surface area contributed by atoms with Gasteiger partial charge in [-0.15, -0.1) is 0 Å². The number of aromatic nitrogens is 2. The number of rotatable bonds is 2. The van der Waals surface area contributed by atoms with Crippen molar-refractivity contribution in [1.29, 1.82) is 0 Å². The van der Waals surface area contributed by atoms with Gasteiger partial charge in [0, 0.05) is 30.4 Å². The third-order valence-corrected chi connectivity index (χ3v) is 3.25. The molecule has 0 saturated heterocycles. The summed E-state index contributed by atoms with van der Waals surface area (Å²) in [6, 6.07) is 7.69. The molecule has 0 radical (unpaired) electrons. The number of nitrogens with zero attached hydrogens (tertiary/aromatic N) is 2. The first-order valence-corrected chi connectivity index (χ1v) is 6.01. The maximum absolute atomic E-state index is 14.0. The predicted octanol–water partition coefficient (Wildman–Crippen LogP) is 3.08. The Morgan fingerprint density at radius 2 is 2.15 bits per heavy atom. The van der Waals surface area contributed by atoms with Gasteiger partial charge in [-0.25, -0.2) is 9.18 Å². The van der Waals surface area contributed by atoms with Crippen LogP contribution < -0.4 is 0 Å². The minimum atomic E-state index is -1.03. The molecule has 0 saturated carbocycles. The highest BCUT2D eigenvalue weighted by atomic mass is 19.1. The van der Waals surface area contributed by atoms with Crippen LogP contribution in [0.5, 0.6) is 0 Å². The van der Waals surface area contributed by atoms with E-state index in [1.165, 1.54) is 24.4 Å². The number of aryl methyl sites for hydroxylation is 1.